The molecule has 0 saturated heterocycles. The molecule has 156 valence electrons. The third-order valence-electron chi connectivity index (χ3n) is 4.30. The van der Waals surface area contributed by atoms with Crippen LogP contribution < -0.4 is 15.6 Å². The van der Waals surface area contributed by atoms with Crippen molar-refractivity contribution in [1.29, 1.82) is 0 Å². The van der Waals surface area contributed by atoms with Crippen LogP contribution in [0.4, 0.5) is 0 Å². The number of carbonyl (C=O) groups is 2. The summed E-state index contributed by atoms with van der Waals surface area (Å²) < 4.78 is 7.24. The van der Waals surface area contributed by atoms with E-state index in [-0.39, 0.29) is 0 Å². The van der Waals surface area contributed by atoms with Crippen molar-refractivity contribution >= 4 is 43.7 Å². The van der Waals surface area contributed by atoms with Crippen molar-refractivity contribution < 1.29 is 14.3 Å². The monoisotopic (exact) mass is 524 g/mol. The lowest BCUT2D eigenvalue weighted by atomic mass is 10.1. The fraction of sp³-hybridized carbons (Fsp3) is 0.364. The van der Waals surface area contributed by atoms with Crippen molar-refractivity contribution in [2.45, 2.75) is 45.4 Å². The highest BCUT2D eigenvalue weighted by atomic mass is 79.9. The van der Waals surface area contributed by atoms with Gasteiger partial charge in [0.1, 0.15) is 5.75 Å². The molecule has 0 saturated carbocycles. The first-order chi connectivity index (χ1) is 14.0. The van der Waals surface area contributed by atoms with Gasteiger partial charge in [0.05, 0.1) is 6.61 Å². The summed E-state index contributed by atoms with van der Waals surface area (Å²) in [5.74, 6) is -0.0627. The van der Waals surface area contributed by atoms with E-state index in [1.54, 1.807) is 36.4 Å². The Bertz CT molecular complexity index is 790. The minimum atomic E-state index is -0.403. The fourth-order valence-corrected chi connectivity index (χ4v) is 4.01. The van der Waals surface area contributed by atoms with Crippen LogP contribution in [-0.4, -0.2) is 18.4 Å². The normalized spacial score (nSPS) is 10.4. The second kappa shape index (κ2) is 12.6. The van der Waals surface area contributed by atoms with Gasteiger partial charge < -0.3 is 4.74 Å². The van der Waals surface area contributed by atoms with Gasteiger partial charge >= 0.3 is 0 Å². The van der Waals surface area contributed by atoms with Crippen molar-refractivity contribution in [3.63, 3.8) is 0 Å². The average Bonchev–Trinajstić information content (AvgIpc) is 2.71. The molecule has 0 heterocycles. The SMILES string of the molecule is CCCCCCCCOc1ccc(C(=O)NNC(=O)c2cc(Br)cc(Br)c2)cc1. The van der Waals surface area contributed by atoms with Crippen LogP contribution in [0.5, 0.6) is 5.75 Å². The summed E-state index contributed by atoms with van der Waals surface area (Å²) in [5.41, 5.74) is 5.70. The second-order valence-electron chi connectivity index (χ2n) is 6.71. The van der Waals surface area contributed by atoms with E-state index < -0.39 is 11.8 Å². The van der Waals surface area contributed by atoms with E-state index in [1.165, 1.54) is 32.1 Å². The molecule has 0 fully saturated rings. The van der Waals surface area contributed by atoms with Crippen molar-refractivity contribution in [2.24, 2.45) is 0 Å². The number of amides is 2. The van der Waals surface area contributed by atoms with Gasteiger partial charge in [-0.05, 0) is 48.9 Å². The minimum Gasteiger partial charge on any atom is -0.494 e. The van der Waals surface area contributed by atoms with E-state index in [1.807, 2.05) is 6.07 Å². The maximum Gasteiger partial charge on any atom is 0.269 e. The molecule has 0 aliphatic rings. The van der Waals surface area contributed by atoms with Crippen LogP contribution in [0.25, 0.3) is 0 Å². The number of halogens is 2. The molecule has 7 heteroatoms. The zero-order valence-corrected chi connectivity index (χ0v) is 19.6. The van der Waals surface area contributed by atoms with Crippen molar-refractivity contribution in [1.82, 2.24) is 10.9 Å². The van der Waals surface area contributed by atoms with Gasteiger partial charge in [0, 0.05) is 20.1 Å². The summed E-state index contributed by atoms with van der Waals surface area (Å²) in [6, 6.07) is 12.0. The van der Waals surface area contributed by atoms with Crippen LogP contribution >= 0.6 is 31.9 Å². The second-order valence-corrected chi connectivity index (χ2v) is 8.54. The molecule has 0 atom stereocenters. The lowest BCUT2D eigenvalue weighted by molar-refractivity contribution is 0.0846. The number of hydrazine groups is 1. The largest absolute Gasteiger partial charge is 0.494 e. The average molecular weight is 526 g/mol. The molecule has 2 rings (SSSR count). The number of hydrogen-bond acceptors (Lipinski definition) is 3. The highest BCUT2D eigenvalue weighted by Crippen LogP contribution is 2.20. The van der Waals surface area contributed by atoms with Gasteiger partial charge in [0.15, 0.2) is 0 Å². The number of rotatable bonds is 10. The molecule has 2 aromatic rings. The lowest BCUT2D eigenvalue weighted by Gasteiger charge is -2.09. The van der Waals surface area contributed by atoms with Crippen molar-refractivity contribution in [2.75, 3.05) is 6.61 Å². The standard InChI is InChI=1S/C22H26Br2N2O3/c1-2-3-4-5-6-7-12-29-20-10-8-16(9-11-20)21(27)25-26-22(28)17-13-18(23)15-19(24)14-17/h8-11,13-15H,2-7,12H2,1H3,(H,25,27)(H,26,28). The van der Waals surface area contributed by atoms with Crippen molar-refractivity contribution in [3.8, 4) is 5.75 Å². The molecule has 0 unspecified atom stereocenters. The molecule has 0 aromatic heterocycles. The summed E-state index contributed by atoms with van der Waals surface area (Å²) in [6.07, 6.45) is 7.29. The summed E-state index contributed by atoms with van der Waals surface area (Å²) in [4.78, 5) is 24.4. The smallest absolute Gasteiger partial charge is 0.269 e. The van der Waals surface area contributed by atoms with Gasteiger partial charge in [-0.2, -0.15) is 0 Å². The van der Waals surface area contributed by atoms with Gasteiger partial charge in [0.2, 0.25) is 0 Å². The van der Waals surface area contributed by atoms with E-state index in [0.717, 1.165) is 21.1 Å². The third kappa shape index (κ3) is 8.58. The summed E-state index contributed by atoms with van der Waals surface area (Å²) in [7, 11) is 0. The first kappa shape index (κ1) is 23.4. The molecular formula is C22H26Br2N2O3. The summed E-state index contributed by atoms with van der Waals surface area (Å²) >= 11 is 6.66. The molecule has 2 amide bonds. The molecule has 0 aliphatic heterocycles. The van der Waals surface area contributed by atoms with E-state index >= 15 is 0 Å². The zero-order chi connectivity index (χ0) is 21.1. The fourth-order valence-electron chi connectivity index (χ4n) is 2.72. The number of hydrogen-bond donors (Lipinski definition) is 2. The Morgan fingerprint density at radius 3 is 1.97 bits per heavy atom. The van der Waals surface area contributed by atoms with Crippen LogP contribution in [-0.2, 0) is 0 Å². The molecule has 0 radical (unpaired) electrons. The van der Waals surface area contributed by atoms with Gasteiger partial charge in [-0.25, -0.2) is 0 Å². The molecule has 2 aromatic carbocycles. The first-order valence-corrected chi connectivity index (χ1v) is 11.4. The molecule has 5 nitrogen and oxygen atoms in total. The van der Waals surface area contributed by atoms with Gasteiger partial charge in [-0.1, -0.05) is 70.9 Å². The van der Waals surface area contributed by atoms with Crippen LogP contribution in [0.1, 0.15) is 66.2 Å². The van der Waals surface area contributed by atoms with Gasteiger partial charge in [-0.3, -0.25) is 20.4 Å². The lowest BCUT2D eigenvalue weighted by Crippen LogP contribution is -2.41. The Balaban J connectivity index is 1.74. The third-order valence-corrected chi connectivity index (χ3v) is 5.21. The van der Waals surface area contributed by atoms with Crippen LogP contribution in [0.15, 0.2) is 51.4 Å². The van der Waals surface area contributed by atoms with Gasteiger partial charge in [-0.15, -0.1) is 0 Å². The highest BCUT2D eigenvalue weighted by Gasteiger charge is 2.10. The maximum atomic E-state index is 12.2. The number of unbranched alkanes of at least 4 members (excludes halogenated alkanes) is 5. The summed E-state index contributed by atoms with van der Waals surface area (Å²) in [5, 5.41) is 0. The summed E-state index contributed by atoms with van der Waals surface area (Å²) in [6.45, 7) is 2.89. The van der Waals surface area contributed by atoms with Crippen LogP contribution in [0.2, 0.25) is 0 Å². The zero-order valence-electron chi connectivity index (χ0n) is 16.5. The first-order valence-electron chi connectivity index (χ1n) is 9.79. The van der Waals surface area contributed by atoms with Crippen LogP contribution in [0, 0.1) is 0 Å². The van der Waals surface area contributed by atoms with E-state index in [4.69, 9.17) is 4.74 Å². The Morgan fingerprint density at radius 1 is 0.793 bits per heavy atom. The Morgan fingerprint density at radius 2 is 1.34 bits per heavy atom. The number of benzene rings is 2. The Hall–Kier alpha value is -1.86. The molecule has 29 heavy (non-hydrogen) atoms. The number of ether oxygens (including phenoxy) is 1. The van der Waals surface area contributed by atoms with E-state index in [9.17, 15) is 9.59 Å². The molecule has 0 bridgehead atoms. The predicted octanol–water partition coefficient (Wildman–Crippen LogP) is 6.03. The highest BCUT2D eigenvalue weighted by molar-refractivity contribution is 9.11. The predicted molar refractivity (Wildman–Crippen MR) is 122 cm³/mol. The topological polar surface area (TPSA) is 67.4 Å². The minimum absolute atomic E-state index is 0.394. The number of nitrogens with one attached hydrogen (secondary N) is 2. The molecule has 2 N–H and O–H groups in total. The molecule has 0 aliphatic carbocycles. The Kier molecular flexibility index (Phi) is 10.2. The van der Waals surface area contributed by atoms with Crippen molar-refractivity contribution in [3.05, 3.63) is 62.5 Å². The maximum absolute atomic E-state index is 12.2. The van der Waals surface area contributed by atoms with E-state index in [2.05, 4.69) is 49.6 Å². The quantitative estimate of drug-likeness (QED) is 0.294. The Labute approximate surface area is 188 Å². The van der Waals surface area contributed by atoms with Gasteiger partial charge in [0.25, 0.3) is 11.8 Å². The van der Waals surface area contributed by atoms with E-state index in [0.29, 0.717) is 17.7 Å². The molecule has 0 spiro atoms. The van der Waals surface area contributed by atoms with Crippen LogP contribution in [0.3, 0.4) is 0 Å². The molecular weight excluding hydrogens is 500 g/mol. The number of carbonyl (C=O) groups excluding carboxylic acids is 2.